The van der Waals surface area contributed by atoms with Crippen LogP contribution in [-0.2, 0) is 9.47 Å². The molecule has 0 aliphatic carbocycles. The normalized spacial score (nSPS) is 49.3. The van der Waals surface area contributed by atoms with Gasteiger partial charge in [0.05, 0.1) is 6.61 Å². The Bertz CT molecular complexity index is 275. The van der Waals surface area contributed by atoms with E-state index < -0.39 is 29.8 Å². The molecular formula is C6H10O8. The highest BCUT2D eigenvalue weighted by Crippen LogP contribution is 2.53. The highest BCUT2D eigenvalue weighted by molar-refractivity contribution is 5.11. The van der Waals surface area contributed by atoms with Crippen molar-refractivity contribution in [2.75, 3.05) is 6.61 Å². The van der Waals surface area contributed by atoms with Gasteiger partial charge < -0.3 is 35.4 Å². The summed E-state index contributed by atoms with van der Waals surface area (Å²) in [6.07, 6.45) is -0.417. The van der Waals surface area contributed by atoms with Crippen LogP contribution < -0.4 is 0 Å². The molecule has 0 bridgehead atoms. The van der Waals surface area contributed by atoms with Crippen LogP contribution in [0.25, 0.3) is 0 Å². The highest BCUT2D eigenvalue weighted by atomic mass is 16.9. The number of hydrogen-bond acceptors (Lipinski definition) is 8. The molecule has 2 rings (SSSR count). The molecule has 0 aromatic heterocycles. The molecule has 8 heteroatoms. The molecule has 2 atom stereocenters. The third-order valence-electron chi connectivity index (χ3n) is 2.60. The van der Waals surface area contributed by atoms with Gasteiger partial charge in [-0.25, -0.2) is 0 Å². The SMILES string of the molecule is OC1(O)OC2(O)OCCC2(O)C1(O)O. The predicted molar refractivity (Wildman–Crippen MR) is 35.9 cm³/mol. The Morgan fingerprint density at radius 1 is 0.929 bits per heavy atom. The second kappa shape index (κ2) is 2.26. The molecule has 2 aliphatic heterocycles. The van der Waals surface area contributed by atoms with E-state index in [0.29, 0.717) is 0 Å². The number of rotatable bonds is 0. The van der Waals surface area contributed by atoms with E-state index in [1.54, 1.807) is 0 Å². The number of hydrogen-bond donors (Lipinski definition) is 6. The van der Waals surface area contributed by atoms with Crippen LogP contribution in [0.3, 0.4) is 0 Å². The fourth-order valence-corrected chi connectivity index (χ4v) is 1.66. The van der Waals surface area contributed by atoms with E-state index in [2.05, 4.69) is 9.47 Å². The van der Waals surface area contributed by atoms with Crippen molar-refractivity contribution in [1.82, 2.24) is 0 Å². The number of ether oxygens (including phenoxy) is 2. The van der Waals surface area contributed by atoms with Gasteiger partial charge in [0, 0.05) is 6.42 Å². The Hall–Kier alpha value is -0.320. The molecule has 0 saturated carbocycles. The van der Waals surface area contributed by atoms with E-state index in [1.807, 2.05) is 0 Å². The van der Waals surface area contributed by atoms with Gasteiger partial charge in [-0.15, -0.1) is 0 Å². The molecule has 0 aromatic carbocycles. The summed E-state index contributed by atoms with van der Waals surface area (Å²) in [6.45, 7) is -0.216. The van der Waals surface area contributed by atoms with Crippen molar-refractivity contribution in [1.29, 1.82) is 0 Å². The molecule has 0 radical (unpaired) electrons. The first kappa shape index (κ1) is 10.2. The summed E-state index contributed by atoms with van der Waals surface area (Å²) in [6, 6.07) is 0. The van der Waals surface area contributed by atoms with Gasteiger partial charge >= 0.3 is 11.9 Å². The molecule has 2 unspecified atom stereocenters. The van der Waals surface area contributed by atoms with Gasteiger partial charge in [-0.2, -0.15) is 0 Å². The van der Waals surface area contributed by atoms with Crippen molar-refractivity contribution < 1.29 is 40.1 Å². The fraction of sp³-hybridized carbons (Fsp3) is 1.00. The molecular weight excluding hydrogens is 200 g/mol. The molecule has 0 amide bonds. The average Bonchev–Trinajstić information content (AvgIpc) is 2.31. The largest absolute Gasteiger partial charge is 0.377 e. The van der Waals surface area contributed by atoms with Gasteiger partial charge in [-0.05, 0) is 0 Å². The fourth-order valence-electron chi connectivity index (χ4n) is 1.66. The second-order valence-electron chi connectivity index (χ2n) is 3.42. The molecule has 8 nitrogen and oxygen atoms in total. The van der Waals surface area contributed by atoms with Crippen LogP contribution in [-0.4, -0.2) is 60.6 Å². The van der Waals surface area contributed by atoms with E-state index in [4.69, 9.17) is 10.2 Å². The molecule has 2 aliphatic rings. The first-order chi connectivity index (χ1) is 6.16. The van der Waals surface area contributed by atoms with Crippen molar-refractivity contribution >= 4 is 0 Å². The van der Waals surface area contributed by atoms with Gasteiger partial charge in [0.15, 0.2) is 0 Å². The van der Waals surface area contributed by atoms with E-state index >= 15 is 0 Å². The summed E-state index contributed by atoms with van der Waals surface area (Å²) in [7, 11) is 0. The van der Waals surface area contributed by atoms with Crippen molar-refractivity contribution in [2.45, 2.75) is 29.8 Å². The zero-order valence-corrected chi connectivity index (χ0v) is 6.91. The molecule has 6 N–H and O–H groups in total. The Labute approximate surface area is 77.5 Å². The first-order valence-electron chi connectivity index (χ1n) is 3.85. The van der Waals surface area contributed by atoms with Crippen molar-refractivity contribution in [2.24, 2.45) is 0 Å². The minimum absolute atomic E-state index is 0.216. The van der Waals surface area contributed by atoms with Crippen LogP contribution >= 0.6 is 0 Å². The summed E-state index contributed by atoms with van der Waals surface area (Å²) in [5.74, 6) is -9.78. The molecule has 2 heterocycles. The monoisotopic (exact) mass is 210 g/mol. The number of fused-ring (bicyclic) bond motifs is 1. The van der Waals surface area contributed by atoms with Gasteiger partial charge in [0.25, 0.3) is 5.79 Å². The number of aliphatic hydroxyl groups is 6. The van der Waals surface area contributed by atoms with Gasteiger partial charge in [-0.1, -0.05) is 0 Å². The van der Waals surface area contributed by atoms with Crippen LogP contribution in [0.2, 0.25) is 0 Å². The Morgan fingerprint density at radius 3 is 2.00 bits per heavy atom. The zero-order chi connectivity index (χ0) is 10.8. The van der Waals surface area contributed by atoms with Crippen LogP contribution in [0, 0.1) is 0 Å². The third-order valence-corrected chi connectivity index (χ3v) is 2.60. The summed E-state index contributed by atoms with van der Waals surface area (Å²) >= 11 is 0. The second-order valence-corrected chi connectivity index (χ2v) is 3.42. The smallest absolute Gasteiger partial charge is 0.343 e. The highest BCUT2D eigenvalue weighted by Gasteiger charge is 2.83. The molecule has 82 valence electrons. The third kappa shape index (κ3) is 0.805. The summed E-state index contributed by atoms with van der Waals surface area (Å²) in [4.78, 5) is 0. The Morgan fingerprint density at radius 2 is 1.50 bits per heavy atom. The lowest BCUT2D eigenvalue weighted by molar-refractivity contribution is -0.473. The van der Waals surface area contributed by atoms with E-state index in [1.165, 1.54) is 0 Å². The molecule has 2 fully saturated rings. The van der Waals surface area contributed by atoms with Gasteiger partial charge in [-0.3, -0.25) is 4.74 Å². The minimum atomic E-state index is -3.50. The zero-order valence-electron chi connectivity index (χ0n) is 6.91. The summed E-state index contributed by atoms with van der Waals surface area (Å²) in [5.41, 5.74) is -2.70. The lowest BCUT2D eigenvalue weighted by Gasteiger charge is -2.33. The van der Waals surface area contributed by atoms with Gasteiger partial charge in [0.2, 0.25) is 5.60 Å². The molecule has 0 spiro atoms. The maximum Gasteiger partial charge on any atom is 0.343 e. The van der Waals surface area contributed by atoms with Crippen LogP contribution in [0.1, 0.15) is 6.42 Å². The lowest BCUT2D eigenvalue weighted by atomic mass is 9.90. The molecule has 2 saturated heterocycles. The summed E-state index contributed by atoms with van der Waals surface area (Å²) < 4.78 is 8.55. The van der Waals surface area contributed by atoms with E-state index in [0.717, 1.165) is 0 Å². The van der Waals surface area contributed by atoms with Crippen LogP contribution in [0.5, 0.6) is 0 Å². The molecule has 0 aromatic rings. The Balaban J connectivity index is 2.52. The van der Waals surface area contributed by atoms with Crippen molar-refractivity contribution in [3.63, 3.8) is 0 Å². The van der Waals surface area contributed by atoms with E-state index in [-0.39, 0.29) is 6.61 Å². The lowest BCUT2D eigenvalue weighted by Crippen LogP contribution is -2.65. The summed E-state index contributed by atoms with van der Waals surface area (Å²) in [5, 5.41) is 55.6. The van der Waals surface area contributed by atoms with Gasteiger partial charge in [0.1, 0.15) is 0 Å². The van der Waals surface area contributed by atoms with Crippen molar-refractivity contribution in [3.8, 4) is 0 Å². The minimum Gasteiger partial charge on any atom is -0.377 e. The standard InChI is InChI=1S/C6H10O8/c7-3-1-2-13-6(3,12)14-5(10,11)4(3,8)9/h7-12H,1-2H2. The van der Waals surface area contributed by atoms with Crippen molar-refractivity contribution in [3.05, 3.63) is 0 Å². The van der Waals surface area contributed by atoms with E-state index in [9.17, 15) is 20.4 Å². The van der Waals surface area contributed by atoms with Crippen LogP contribution in [0.15, 0.2) is 0 Å². The topological polar surface area (TPSA) is 140 Å². The maximum absolute atomic E-state index is 9.63. The molecule has 14 heavy (non-hydrogen) atoms. The van der Waals surface area contributed by atoms with Crippen LogP contribution in [0.4, 0.5) is 0 Å². The predicted octanol–water partition coefficient (Wildman–Crippen LogP) is -3.87. The first-order valence-corrected chi connectivity index (χ1v) is 3.85. The Kier molecular flexibility index (Phi) is 1.65. The average molecular weight is 210 g/mol. The quantitative estimate of drug-likeness (QED) is 0.223. The maximum atomic E-state index is 9.63.